The molecule has 0 aliphatic carbocycles. The second-order valence-electron chi connectivity index (χ2n) is 4.87. The summed E-state index contributed by atoms with van der Waals surface area (Å²) in [5, 5.41) is 11.7. The molecule has 0 amide bonds. The predicted molar refractivity (Wildman–Crippen MR) is 86.6 cm³/mol. The lowest BCUT2D eigenvalue weighted by molar-refractivity contribution is 0.341. The van der Waals surface area contributed by atoms with Crippen molar-refractivity contribution in [1.29, 1.82) is 5.26 Å². The molecule has 19 heavy (non-hydrogen) atoms. The Morgan fingerprint density at radius 2 is 2.11 bits per heavy atom. The van der Waals surface area contributed by atoms with Crippen LogP contribution < -0.4 is 0 Å². The van der Waals surface area contributed by atoms with Gasteiger partial charge in [0, 0.05) is 10.8 Å². The Balaban J connectivity index is 0.00000324. The lowest BCUT2D eigenvalue weighted by Crippen LogP contribution is -2.28. The van der Waals surface area contributed by atoms with Crippen molar-refractivity contribution < 1.29 is 0 Å². The molecular formula is C14H22Cl2N2S. The lowest BCUT2D eigenvalue weighted by Gasteiger charge is -2.27. The zero-order chi connectivity index (χ0) is 13.4. The minimum atomic E-state index is -0.329. The van der Waals surface area contributed by atoms with Gasteiger partial charge in [-0.05, 0) is 51.3 Å². The molecule has 1 rings (SSSR count). The molecule has 0 aliphatic heterocycles. The van der Waals surface area contributed by atoms with E-state index in [0.29, 0.717) is 5.88 Å². The number of thiophene rings is 1. The highest BCUT2D eigenvalue weighted by Gasteiger charge is 2.32. The fraction of sp³-hybridized carbons (Fsp3) is 0.643. The summed E-state index contributed by atoms with van der Waals surface area (Å²) < 4.78 is 0. The molecule has 1 aromatic rings. The van der Waals surface area contributed by atoms with E-state index in [1.165, 1.54) is 4.88 Å². The van der Waals surface area contributed by atoms with Crippen LogP contribution in [0.15, 0.2) is 17.5 Å². The van der Waals surface area contributed by atoms with Crippen LogP contribution in [-0.2, 0) is 5.41 Å². The minimum Gasteiger partial charge on any atom is -0.309 e. The highest BCUT2D eigenvalue weighted by atomic mass is 35.5. The Bertz CT molecular complexity index is 373. The summed E-state index contributed by atoms with van der Waals surface area (Å²) in [6.07, 6.45) is 3.80. The molecule has 1 unspecified atom stereocenters. The van der Waals surface area contributed by atoms with Crippen LogP contribution in [0.1, 0.15) is 30.6 Å². The van der Waals surface area contributed by atoms with E-state index in [9.17, 15) is 5.26 Å². The van der Waals surface area contributed by atoms with E-state index in [0.717, 1.165) is 32.2 Å². The zero-order valence-electron chi connectivity index (χ0n) is 11.6. The second kappa shape index (κ2) is 9.61. The summed E-state index contributed by atoms with van der Waals surface area (Å²) in [6.45, 7) is 0.937. The van der Waals surface area contributed by atoms with Gasteiger partial charge in [0.1, 0.15) is 0 Å². The Kier molecular flexibility index (Phi) is 9.47. The first-order chi connectivity index (χ1) is 8.64. The fourth-order valence-electron chi connectivity index (χ4n) is 2.02. The van der Waals surface area contributed by atoms with Gasteiger partial charge in [0.05, 0.1) is 11.5 Å². The minimum absolute atomic E-state index is 0. The first kappa shape index (κ1) is 18.7. The average molecular weight is 321 g/mol. The maximum Gasteiger partial charge on any atom is 0.0926 e. The van der Waals surface area contributed by atoms with Crippen molar-refractivity contribution >= 4 is 35.3 Å². The van der Waals surface area contributed by atoms with Gasteiger partial charge in [0.15, 0.2) is 0 Å². The maximum atomic E-state index is 9.67. The summed E-state index contributed by atoms with van der Waals surface area (Å²) in [4.78, 5) is 3.34. The largest absolute Gasteiger partial charge is 0.309 e. The molecule has 0 saturated carbocycles. The Labute approximate surface area is 131 Å². The van der Waals surface area contributed by atoms with Gasteiger partial charge in [0.25, 0.3) is 0 Å². The summed E-state index contributed by atoms with van der Waals surface area (Å²) >= 11 is 7.43. The van der Waals surface area contributed by atoms with E-state index in [-0.39, 0.29) is 17.8 Å². The molecule has 1 heterocycles. The van der Waals surface area contributed by atoms with Gasteiger partial charge in [-0.25, -0.2) is 0 Å². The lowest BCUT2D eigenvalue weighted by atomic mass is 9.79. The second-order valence-corrected chi connectivity index (χ2v) is 6.20. The van der Waals surface area contributed by atoms with Gasteiger partial charge < -0.3 is 4.90 Å². The van der Waals surface area contributed by atoms with E-state index in [1.807, 2.05) is 6.07 Å². The third kappa shape index (κ3) is 5.71. The van der Waals surface area contributed by atoms with Crippen molar-refractivity contribution in [2.24, 2.45) is 0 Å². The number of unbranched alkanes of at least 4 members (excludes halogenated alkanes) is 1. The van der Waals surface area contributed by atoms with Crippen molar-refractivity contribution in [3.05, 3.63) is 22.4 Å². The molecule has 5 heteroatoms. The summed E-state index contributed by atoms with van der Waals surface area (Å²) in [5.74, 6) is 0.680. The quantitative estimate of drug-likeness (QED) is 0.527. The van der Waals surface area contributed by atoms with Gasteiger partial charge in [-0.3, -0.25) is 0 Å². The first-order valence-electron chi connectivity index (χ1n) is 6.30. The van der Waals surface area contributed by atoms with Crippen LogP contribution in [0.5, 0.6) is 0 Å². The smallest absolute Gasteiger partial charge is 0.0926 e. The van der Waals surface area contributed by atoms with Gasteiger partial charge in [0.2, 0.25) is 0 Å². The fourth-order valence-corrected chi connectivity index (χ4v) is 3.15. The molecule has 0 bridgehead atoms. The van der Waals surface area contributed by atoms with Crippen LogP contribution in [0.2, 0.25) is 0 Å². The molecule has 1 aromatic heterocycles. The van der Waals surface area contributed by atoms with Crippen molar-refractivity contribution in [1.82, 2.24) is 4.90 Å². The van der Waals surface area contributed by atoms with Crippen molar-refractivity contribution in [3.63, 3.8) is 0 Å². The van der Waals surface area contributed by atoms with Crippen LogP contribution in [0.25, 0.3) is 0 Å². The van der Waals surface area contributed by atoms with Gasteiger partial charge in [-0.1, -0.05) is 12.5 Å². The van der Waals surface area contributed by atoms with E-state index < -0.39 is 0 Å². The molecule has 1 atom stereocenters. The van der Waals surface area contributed by atoms with Crippen molar-refractivity contribution in [2.75, 3.05) is 26.5 Å². The SMILES string of the molecule is CN(C)CCC(C#N)(CCCCCl)c1cccs1.Cl. The number of hydrogen-bond donors (Lipinski definition) is 0. The van der Waals surface area contributed by atoms with Crippen LogP contribution in [0.4, 0.5) is 0 Å². The van der Waals surface area contributed by atoms with Crippen LogP contribution >= 0.6 is 35.3 Å². The number of nitriles is 1. The third-order valence-electron chi connectivity index (χ3n) is 3.18. The summed E-state index contributed by atoms with van der Waals surface area (Å²) in [7, 11) is 4.10. The molecule has 0 saturated heterocycles. The molecule has 0 spiro atoms. The van der Waals surface area contributed by atoms with Gasteiger partial charge >= 0.3 is 0 Å². The molecule has 0 radical (unpaired) electrons. The average Bonchev–Trinajstić information content (AvgIpc) is 2.88. The molecule has 0 N–H and O–H groups in total. The molecule has 0 aromatic carbocycles. The van der Waals surface area contributed by atoms with E-state index >= 15 is 0 Å². The number of rotatable bonds is 8. The summed E-state index contributed by atoms with van der Waals surface area (Å²) in [5.41, 5.74) is -0.329. The molecule has 0 aliphatic rings. The number of nitrogens with zero attached hydrogens (tertiary/aromatic N) is 2. The normalized spacial score (nSPS) is 13.6. The van der Waals surface area contributed by atoms with E-state index in [1.54, 1.807) is 11.3 Å². The molecular weight excluding hydrogens is 299 g/mol. The van der Waals surface area contributed by atoms with Gasteiger partial charge in [-0.15, -0.1) is 35.3 Å². The predicted octanol–water partition coefficient (Wildman–Crippen LogP) is 4.29. The molecule has 0 fully saturated rings. The van der Waals surface area contributed by atoms with Crippen LogP contribution in [-0.4, -0.2) is 31.4 Å². The van der Waals surface area contributed by atoms with E-state index in [2.05, 4.69) is 36.5 Å². The maximum absolute atomic E-state index is 9.67. The van der Waals surface area contributed by atoms with E-state index in [4.69, 9.17) is 11.6 Å². The number of alkyl halides is 1. The van der Waals surface area contributed by atoms with Crippen LogP contribution in [0.3, 0.4) is 0 Å². The molecule has 2 nitrogen and oxygen atoms in total. The monoisotopic (exact) mass is 320 g/mol. The third-order valence-corrected chi connectivity index (χ3v) is 4.52. The highest BCUT2D eigenvalue weighted by molar-refractivity contribution is 7.10. The van der Waals surface area contributed by atoms with Crippen molar-refractivity contribution in [2.45, 2.75) is 31.1 Å². The highest BCUT2D eigenvalue weighted by Crippen LogP contribution is 2.36. The van der Waals surface area contributed by atoms with Gasteiger partial charge in [-0.2, -0.15) is 5.26 Å². The Morgan fingerprint density at radius 3 is 2.58 bits per heavy atom. The first-order valence-corrected chi connectivity index (χ1v) is 7.72. The zero-order valence-corrected chi connectivity index (χ0v) is 14.0. The number of halogens is 2. The van der Waals surface area contributed by atoms with Crippen molar-refractivity contribution in [3.8, 4) is 6.07 Å². The topological polar surface area (TPSA) is 27.0 Å². The summed E-state index contributed by atoms with van der Waals surface area (Å²) in [6, 6.07) is 6.69. The number of hydrogen-bond acceptors (Lipinski definition) is 3. The Morgan fingerprint density at radius 1 is 1.37 bits per heavy atom. The molecule has 108 valence electrons. The standard InChI is InChI=1S/C14H21ClN2S.ClH/c1-17(2)10-8-14(12-16,7-3-4-9-15)13-6-5-11-18-13;/h5-6,11H,3-4,7-10H2,1-2H3;1H. The van der Waals surface area contributed by atoms with Crippen LogP contribution in [0, 0.1) is 11.3 Å². The Hall–Kier alpha value is -0.270.